The van der Waals surface area contributed by atoms with Gasteiger partial charge >= 0.3 is 16.3 Å². The van der Waals surface area contributed by atoms with E-state index in [-0.39, 0.29) is 6.54 Å². The van der Waals surface area contributed by atoms with Crippen molar-refractivity contribution in [1.29, 1.82) is 0 Å². The second-order valence-electron chi connectivity index (χ2n) is 4.51. The van der Waals surface area contributed by atoms with Crippen molar-refractivity contribution in [2.45, 2.75) is 32.9 Å². The molecule has 0 unspecified atom stereocenters. The van der Waals surface area contributed by atoms with Crippen LogP contribution in [0.4, 0.5) is 4.79 Å². The second kappa shape index (κ2) is 5.40. The second-order valence-corrected chi connectivity index (χ2v) is 6.01. The van der Waals surface area contributed by atoms with Crippen LogP contribution in [0.2, 0.25) is 0 Å². The van der Waals surface area contributed by atoms with Crippen molar-refractivity contribution in [3.63, 3.8) is 0 Å². The molecule has 1 aromatic heterocycles. The number of carbonyl (C=O) groups is 1. The molecule has 1 amide bonds. The minimum atomic E-state index is -3.96. The summed E-state index contributed by atoms with van der Waals surface area (Å²) in [5, 5.41) is 0. The molecule has 1 aromatic rings. The number of hydrogen-bond acceptors (Lipinski definition) is 5. The zero-order valence-corrected chi connectivity index (χ0v) is 11.2. The topological polar surface area (TPSA) is 97.6 Å². The van der Waals surface area contributed by atoms with Crippen molar-refractivity contribution < 1.29 is 22.4 Å². The van der Waals surface area contributed by atoms with E-state index in [4.69, 9.17) is 9.15 Å². The lowest BCUT2D eigenvalue weighted by Crippen LogP contribution is -2.42. The molecule has 0 aromatic carbocycles. The first-order valence-corrected chi connectivity index (χ1v) is 6.69. The van der Waals surface area contributed by atoms with Gasteiger partial charge in [0.15, 0.2) is 0 Å². The molecule has 0 radical (unpaired) electrons. The number of nitrogens with one attached hydrogen (secondary N) is 2. The Balaban J connectivity index is 2.47. The molecule has 0 fully saturated rings. The molecule has 0 atom stereocenters. The standard InChI is InChI=1S/C10H16N2O5S/c1-10(2,3)17-9(13)12-18(14,15)11-7-8-5-4-6-16-8/h4-6,11H,7H2,1-3H3,(H,12,13). The third-order valence-electron chi connectivity index (χ3n) is 1.63. The van der Waals surface area contributed by atoms with E-state index in [0.29, 0.717) is 5.76 Å². The fourth-order valence-corrected chi connectivity index (χ4v) is 1.69. The van der Waals surface area contributed by atoms with E-state index in [1.807, 2.05) is 0 Å². The number of carbonyl (C=O) groups excluding carboxylic acids is 1. The lowest BCUT2D eigenvalue weighted by Gasteiger charge is -2.19. The highest BCUT2D eigenvalue weighted by atomic mass is 32.2. The third-order valence-corrected chi connectivity index (χ3v) is 2.59. The van der Waals surface area contributed by atoms with Crippen LogP contribution < -0.4 is 9.44 Å². The summed E-state index contributed by atoms with van der Waals surface area (Å²) in [6, 6.07) is 3.24. The van der Waals surface area contributed by atoms with E-state index in [0.717, 1.165) is 0 Å². The Morgan fingerprint density at radius 2 is 2.11 bits per heavy atom. The summed E-state index contributed by atoms with van der Waals surface area (Å²) in [5.41, 5.74) is -0.763. The number of rotatable bonds is 4. The van der Waals surface area contributed by atoms with Crippen LogP contribution in [0.15, 0.2) is 22.8 Å². The van der Waals surface area contributed by atoms with Crippen LogP contribution in [0.3, 0.4) is 0 Å². The lowest BCUT2D eigenvalue weighted by atomic mass is 10.2. The van der Waals surface area contributed by atoms with Crippen LogP contribution in [0.25, 0.3) is 0 Å². The molecule has 0 aliphatic heterocycles. The van der Waals surface area contributed by atoms with Crippen LogP contribution >= 0.6 is 0 Å². The third kappa shape index (κ3) is 5.69. The molecule has 2 N–H and O–H groups in total. The van der Waals surface area contributed by atoms with E-state index in [1.54, 1.807) is 37.6 Å². The lowest BCUT2D eigenvalue weighted by molar-refractivity contribution is 0.0569. The van der Waals surface area contributed by atoms with E-state index in [1.165, 1.54) is 6.26 Å². The maximum Gasteiger partial charge on any atom is 0.422 e. The van der Waals surface area contributed by atoms with Crippen molar-refractivity contribution in [3.05, 3.63) is 24.2 Å². The monoisotopic (exact) mass is 276 g/mol. The summed E-state index contributed by atoms with van der Waals surface area (Å²) in [7, 11) is -3.96. The molecule has 1 rings (SSSR count). The number of furan rings is 1. The largest absolute Gasteiger partial charge is 0.468 e. The van der Waals surface area contributed by atoms with Crippen LogP contribution in [0.5, 0.6) is 0 Å². The average molecular weight is 276 g/mol. The predicted octanol–water partition coefficient (Wildman–Crippen LogP) is 1.14. The van der Waals surface area contributed by atoms with Gasteiger partial charge in [-0.3, -0.25) is 0 Å². The highest BCUT2D eigenvalue weighted by Crippen LogP contribution is 2.06. The molecule has 102 valence electrons. The zero-order valence-electron chi connectivity index (χ0n) is 10.4. The molecule has 0 aliphatic carbocycles. The SMILES string of the molecule is CC(C)(C)OC(=O)NS(=O)(=O)NCc1ccco1. The van der Waals surface area contributed by atoms with Gasteiger partial charge in [-0.1, -0.05) is 0 Å². The summed E-state index contributed by atoms with van der Waals surface area (Å²) in [5.74, 6) is 0.435. The fraction of sp³-hybridized carbons (Fsp3) is 0.500. The summed E-state index contributed by atoms with van der Waals surface area (Å²) in [6.45, 7) is 4.85. The van der Waals surface area contributed by atoms with Gasteiger partial charge in [0.1, 0.15) is 11.4 Å². The van der Waals surface area contributed by atoms with Crippen molar-refractivity contribution in [3.8, 4) is 0 Å². The van der Waals surface area contributed by atoms with Crippen LogP contribution in [0, 0.1) is 0 Å². The molecular formula is C10H16N2O5S. The highest BCUT2D eigenvalue weighted by Gasteiger charge is 2.21. The Labute approximate surface area is 106 Å². The minimum Gasteiger partial charge on any atom is -0.468 e. The molecule has 8 heteroatoms. The Morgan fingerprint density at radius 1 is 1.44 bits per heavy atom. The fourth-order valence-electron chi connectivity index (χ4n) is 1.02. The summed E-state index contributed by atoms with van der Waals surface area (Å²) < 4.78 is 36.6. The first-order valence-electron chi connectivity index (χ1n) is 5.21. The molecular weight excluding hydrogens is 260 g/mol. The first-order chi connectivity index (χ1) is 8.18. The Hall–Kier alpha value is -1.54. The Kier molecular flexibility index (Phi) is 4.36. The van der Waals surface area contributed by atoms with Gasteiger partial charge in [0, 0.05) is 0 Å². The van der Waals surface area contributed by atoms with E-state index in [9.17, 15) is 13.2 Å². The van der Waals surface area contributed by atoms with Crippen molar-refractivity contribution in [1.82, 2.24) is 9.44 Å². The van der Waals surface area contributed by atoms with Gasteiger partial charge in [-0.15, -0.1) is 0 Å². The molecule has 18 heavy (non-hydrogen) atoms. The minimum absolute atomic E-state index is 0.0505. The van der Waals surface area contributed by atoms with Crippen LogP contribution in [-0.4, -0.2) is 20.1 Å². The Bertz CT molecular complexity index is 487. The van der Waals surface area contributed by atoms with Gasteiger partial charge in [-0.2, -0.15) is 13.1 Å². The molecule has 0 aliphatic rings. The maximum absolute atomic E-state index is 11.5. The quantitative estimate of drug-likeness (QED) is 0.859. The summed E-state index contributed by atoms with van der Waals surface area (Å²) in [6.07, 6.45) is 0.389. The van der Waals surface area contributed by atoms with Gasteiger partial charge in [-0.25, -0.2) is 9.52 Å². The van der Waals surface area contributed by atoms with Crippen molar-refractivity contribution >= 4 is 16.3 Å². The predicted molar refractivity (Wildman–Crippen MR) is 63.8 cm³/mol. The van der Waals surface area contributed by atoms with Crippen molar-refractivity contribution in [2.24, 2.45) is 0 Å². The number of hydrogen-bond donors (Lipinski definition) is 2. The Morgan fingerprint density at radius 3 is 2.61 bits per heavy atom. The zero-order chi connectivity index (χ0) is 13.8. The number of amides is 1. The molecule has 0 saturated carbocycles. The van der Waals surface area contributed by atoms with Gasteiger partial charge < -0.3 is 9.15 Å². The van der Waals surface area contributed by atoms with Crippen molar-refractivity contribution in [2.75, 3.05) is 0 Å². The summed E-state index contributed by atoms with van der Waals surface area (Å²) >= 11 is 0. The molecule has 0 spiro atoms. The van der Waals surface area contributed by atoms with Gasteiger partial charge in [0.05, 0.1) is 12.8 Å². The molecule has 0 saturated heterocycles. The molecule has 0 bridgehead atoms. The van der Waals surface area contributed by atoms with Crippen LogP contribution in [-0.2, 0) is 21.5 Å². The van der Waals surface area contributed by atoms with Crippen LogP contribution in [0.1, 0.15) is 26.5 Å². The van der Waals surface area contributed by atoms with E-state index >= 15 is 0 Å². The average Bonchev–Trinajstić information content (AvgIpc) is 2.62. The van der Waals surface area contributed by atoms with Gasteiger partial charge in [0.2, 0.25) is 0 Å². The van der Waals surface area contributed by atoms with E-state index in [2.05, 4.69) is 4.72 Å². The van der Waals surface area contributed by atoms with E-state index < -0.39 is 21.9 Å². The smallest absolute Gasteiger partial charge is 0.422 e. The molecule has 1 heterocycles. The number of ether oxygens (including phenoxy) is 1. The first kappa shape index (κ1) is 14.5. The maximum atomic E-state index is 11.5. The molecule has 7 nitrogen and oxygen atoms in total. The highest BCUT2D eigenvalue weighted by molar-refractivity contribution is 7.88. The normalized spacial score (nSPS) is 12.2. The van der Waals surface area contributed by atoms with Gasteiger partial charge in [0.25, 0.3) is 0 Å². The summed E-state index contributed by atoms with van der Waals surface area (Å²) in [4.78, 5) is 11.3. The van der Waals surface area contributed by atoms with Gasteiger partial charge in [-0.05, 0) is 32.9 Å².